The minimum Gasteiger partial charge on any atom is -0.376 e. The molecule has 4 rings (SSSR count). The zero-order valence-electron chi connectivity index (χ0n) is 18.4. The number of amides is 2. The lowest BCUT2D eigenvalue weighted by Crippen LogP contribution is -2.45. The minimum absolute atomic E-state index is 0.00412. The lowest BCUT2D eigenvalue weighted by atomic mass is 10.0. The summed E-state index contributed by atoms with van der Waals surface area (Å²) in [6.07, 6.45) is 3.58. The maximum Gasteiger partial charge on any atom is 0.269 e. The van der Waals surface area contributed by atoms with Gasteiger partial charge >= 0.3 is 0 Å². The largest absolute Gasteiger partial charge is 0.376 e. The van der Waals surface area contributed by atoms with E-state index in [0.29, 0.717) is 30.8 Å². The molecule has 2 saturated heterocycles. The molecule has 0 aromatic heterocycles. The van der Waals surface area contributed by atoms with Crippen LogP contribution < -0.4 is 15.5 Å². The van der Waals surface area contributed by atoms with Gasteiger partial charge < -0.3 is 20.3 Å². The lowest BCUT2D eigenvalue weighted by molar-refractivity contribution is -0.384. The third-order valence-corrected chi connectivity index (χ3v) is 6.17. The first-order valence-electron chi connectivity index (χ1n) is 11.3. The smallest absolute Gasteiger partial charge is 0.269 e. The second-order valence-corrected chi connectivity index (χ2v) is 8.40. The molecule has 1 unspecified atom stereocenters. The Kier molecular flexibility index (Phi) is 7.19. The summed E-state index contributed by atoms with van der Waals surface area (Å²) in [7, 11) is 0. The standard InChI is InChI=1S/C24H28N4O5/c29-23(17-7-9-19(10-8-17)28(31)32)26-18-11-13-27(14-12-18)22-6-2-1-5-21(22)24(30)25-16-20-4-3-15-33-20/h1-2,5-10,18,20H,3-4,11-16H2,(H,25,30)(H,26,29). The molecule has 2 aliphatic rings. The predicted octanol–water partition coefficient (Wildman–Crippen LogP) is 2.90. The van der Waals surface area contributed by atoms with E-state index in [1.54, 1.807) is 0 Å². The van der Waals surface area contributed by atoms with Crippen LogP contribution in [0.5, 0.6) is 0 Å². The van der Waals surface area contributed by atoms with Gasteiger partial charge in [0.25, 0.3) is 17.5 Å². The van der Waals surface area contributed by atoms with E-state index in [-0.39, 0.29) is 29.6 Å². The molecule has 0 spiro atoms. The molecule has 0 bridgehead atoms. The Morgan fingerprint density at radius 3 is 2.42 bits per heavy atom. The van der Waals surface area contributed by atoms with Crippen molar-refractivity contribution in [2.75, 3.05) is 31.1 Å². The Bertz CT molecular complexity index is 996. The minimum atomic E-state index is -0.488. The van der Waals surface area contributed by atoms with Crippen molar-refractivity contribution in [3.63, 3.8) is 0 Å². The zero-order valence-corrected chi connectivity index (χ0v) is 18.4. The van der Waals surface area contributed by atoms with Crippen LogP contribution in [0.3, 0.4) is 0 Å². The van der Waals surface area contributed by atoms with Gasteiger partial charge in [0.15, 0.2) is 0 Å². The highest BCUT2D eigenvalue weighted by Gasteiger charge is 2.25. The summed E-state index contributed by atoms with van der Waals surface area (Å²) >= 11 is 0. The topological polar surface area (TPSA) is 114 Å². The van der Waals surface area contributed by atoms with Gasteiger partial charge in [-0.1, -0.05) is 12.1 Å². The van der Waals surface area contributed by atoms with Gasteiger partial charge in [0, 0.05) is 55.7 Å². The fraction of sp³-hybridized carbons (Fsp3) is 0.417. The number of benzene rings is 2. The summed E-state index contributed by atoms with van der Waals surface area (Å²) in [5.41, 5.74) is 1.89. The lowest BCUT2D eigenvalue weighted by Gasteiger charge is -2.35. The first-order chi connectivity index (χ1) is 16.0. The SMILES string of the molecule is O=C(NC1CCN(c2ccccc2C(=O)NCC2CCCO2)CC1)c1ccc([N+](=O)[O-])cc1. The van der Waals surface area contributed by atoms with Gasteiger partial charge in [0.05, 0.1) is 16.6 Å². The van der Waals surface area contributed by atoms with Gasteiger partial charge in [0.2, 0.25) is 0 Å². The Morgan fingerprint density at radius 2 is 1.76 bits per heavy atom. The highest BCUT2D eigenvalue weighted by Crippen LogP contribution is 2.25. The van der Waals surface area contributed by atoms with Crippen molar-refractivity contribution in [3.05, 3.63) is 69.8 Å². The molecule has 1 atom stereocenters. The second-order valence-electron chi connectivity index (χ2n) is 8.40. The number of carbonyl (C=O) groups is 2. The van der Waals surface area contributed by atoms with Gasteiger partial charge in [-0.05, 0) is 49.9 Å². The molecular weight excluding hydrogens is 424 g/mol. The number of hydrogen-bond acceptors (Lipinski definition) is 6. The van der Waals surface area contributed by atoms with Crippen LogP contribution >= 0.6 is 0 Å². The van der Waals surface area contributed by atoms with Crippen molar-refractivity contribution in [1.82, 2.24) is 10.6 Å². The molecule has 0 aliphatic carbocycles. The van der Waals surface area contributed by atoms with E-state index in [1.807, 2.05) is 24.3 Å². The molecule has 2 fully saturated rings. The zero-order chi connectivity index (χ0) is 23.2. The Balaban J connectivity index is 1.31. The molecule has 0 saturated carbocycles. The number of anilines is 1. The first kappa shape index (κ1) is 22.7. The number of rotatable bonds is 7. The average molecular weight is 453 g/mol. The quantitative estimate of drug-likeness (QED) is 0.493. The van der Waals surface area contributed by atoms with Gasteiger partial charge in [-0.3, -0.25) is 19.7 Å². The van der Waals surface area contributed by atoms with Crippen molar-refractivity contribution in [2.24, 2.45) is 0 Å². The normalized spacial score (nSPS) is 18.7. The monoisotopic (exact) mass is 452 g/mol. The number of nitrogens with zero attached hydrogens (tertiary/aromatic N) is 2. The number of nitro benzene ring substituents is 1. The van der Waals surface area contributed by atoms with Gasteiger partial charge in [-0.2, -0.15) is 0 Å². The molecule has 33 heavy (non-hydrogen) atoms. The molecule has 2 N–H and O–H groups in total. The highest BCUT2D eigenvalue weighted by atomic mass is 16.6. The van der Waals surface area contributed by atoms with Gasteiger partial charge in [-0.15, -0.1) is 0 Å². The summed E-state index contributed by atoms with van der Waals surface area (Å²) in [6.45, 7) is 2.69. The summed E-state index contributed by atoms with van der Waals surface area (Å²) < 4.78 is 5.59. The first-order valence-corrected chi connectivity index (χ1v) is 11.3. The fourth-order valence-corrected chi connectivity index (χ4v) is 4.32. The second kappa shape index (κ2) is 10.4. The van der Waals surface area contributed by atoms with Crippen LogP contribution in [0.15, 0.2) is 48.5 Å². The summed E-state index contributed by atoms with van der Waals surface area (Å²) in [4.78, 5) is 37.8. The molecule has 9 nitrogen and oxygen atoms in total. The summed E-state index contributed by atoms with van der Waals surface area (Å²) in [6, 6.07) is 13.2. The van der Waals surface area contributed by atoms with E-state index in [9.17, 15) is 19.7 Å². The van der Waals surface area contributed by atoms with E-state index in [4.69, 9.17) is 4.74 Å². The Morgan fingerprint density at radius 1 is 1.03 bits per heavy atom. The van der Waals surface area contributed by atoms with E-state index in [1.165, 1.54) is 24.3 Å². The predicted molar refractivity (Wildman–Crippen MR) is 124 cm³/mol. The summed E-state index contributed by atoms with van der Waals surface area (Å²) in [5.74, 6) is -0.341. The number of nitro groups is 1. The molecule has 2 heterocycles. The molecule has 174 valence electrons. The van der Waals surface area contributed by atoms with Crippen molar-refractivity contribution in [3.8, 4) is 0 Å². The molecule has 0 radical (unpaired) electrons. The number of non-ortho nitro benzene ring substituents is 1. The number of nitrogens with one attached hydrogen (secondary N) is 2. The number of carbonyl (C=O) groups excluding carboxylic acids is 2. The van der Waals surface area contributed by atoms with Crippen molar-refractivity contribution < 1.29 is 19.2 Å². The highest BCUT2D eigenvalue weighted by molar-refractivity contribution is 6.00. The maximum atomic E-state index is 12.8. The van der Waals surface area contributed by atoms with Crippen LogP contribution in [-0.4, -0.2) is 55.1 Å². The Labute approximate surface area is 192 Å². The van der Waals surface area contributed by atoms with Crippen molar-refractivity contribution in [2.45, 2.75) is 37.8 Å². The van der Waals surface area contributed by atoms with Crippen LogP contribution in [-0.2, 0) is 4.74 Å². The number of ether oxygens (including phenoxy) is 1. The van der Waals surface area contributed by atoms with Gasteiger partial charge in [0.1, 0.15) is 0 Å². The van der Waals surface area contributed by atoms with E-state index in [2.05, 4.69) is 15.5 Å². The molecule has 2 aliphatic heterocycles. The van der Waals surface area contributed by atoms with Crippen LogP contribution in [0.1, 0.15) is 46.4 Å². The van der Waals surface area contributed by atoms with Crippen LogP contribution in [0.4, 0.5) is 11.4 Å². The summed E-state index contributed by atoms with van der Waals surface area (Å²) in [5, 5.41) is 16.8. The maximum absolute atomic E-state index is 12.8. The number of para-hydroxylation sites is 1. The van der Waals surface area contributed by atoms with Crippen LogP contribution in [0.25, 0.3) is 0 Å². The third kappa shape index (κ3) is 5.67. The van der Waals surface area contributed by atoms with Crippen molar-refractivity contribution in [1.29, 1.82) is 0 Å². The molecule has 9 heteroatoms. The van der Waals surface area contributed by atoms with E-state index in [0.717, 1.165) is 38.0 Å². The molecule has 2 aromatic carbocycles. The number of piperidine rings is 1. The van der Waals surface area contributed by atoms with E-state index < -0.39 is 4.92 Å². The molecular formula is C24H28N4O5. The number of hydrogen-bond donors (Lipinski definition) is 2. The average Bonchev–Trinajstić information content (AvgIpc) is 3.37. The van der Waals surface area contributed by atoms with E-state index >= 15 is 0 Å². The van der Waals surface area contributed by atoms with Crippen molar-refractivity contribution >= 4 is 23.2 Å². The van der Waals surface area contributed by atoms with Crippen LogP contribution in [0.2, 0.25) is 0 Å². The van der Waals surface area contributed by atoms with Gasteiger partial charge in [-0.25, -0.2) is 0 Å². The third-order valence-electron chi connectivity index (χ3n) is 6.17. The molecule has 2 amide bonds. The Hall–Kier alpha value is -3.46. The fourth-order valence-electron chi connectivity index (χ4n) is 4.32. The molecule has 2 aromatic rings. The van der Waals surface area contributed by atoms with Crippen LogP contribution in [0, 0.1) is 10.1 Å².